The highest BCUT2D eigenvalue weighted by Crippen LogP contribution is 2.23. The van der Waals surface area contributed by atoms with Gasteiger partial charge in [0.15, 0.2) is 0 Å². The summed E-state index contributed by atoms with van der Waals surface area (Å²) >= 11 is 0. The van der Waals surface area contributed by atoms with Gasteiger partial charge >= 0.3 is 12.1 Å². The van der Waals surface area contributed by atoms with Crippen molar-refractivity contribution in [2.45, 2.75) is 72.1 Å². The summed E-state index contributed by atoms with van der Waals surface area (Å²) in [6, 6.07) is 6.78. The van der Waals surface area contributed by atoms with E-state index >= 15 is 0 Å². The van der Waals surface area contributed by atoms with E-state index in [1.54, 1.807) is 78.8 Å². The molecule has 0 saturated carbocycles. The molecule has 1 amide bonds. The van der Waals surface area contributed by atoms with E-state index in [0.717, 1.165) is 16.7 Å². The van der Waals surface area contributed by atoms with E-state index in [-0.39, 0.29) is 23.3 Å². The minimum absolute atomic E-state index is 0.0285. The molecule has 1 unspecified atom stereocenters. The molecule has 10 heteroatoms. The van der Waals surface area contributed by atoms with Crippen molar-refractivity contribution in [1.82, 2.24) is 14.9 Å². The first-order valence-electron chi connectivity index (χ1n) is 12.4. The van der Waals surface area contributed by atoms with Gasteiger partial charge in [0.25, 0.3) is 5.56 Å². The number of esters is 1. The van der Waals surface area contributed by atoms with E-state index in [0.29, 0.717) is 17.1 Å². The highest BCUT2D eigenvalue weighted by molar-refractivity contribution is 5.88. The van der Waals surface area contributed by atoms with Crippen LogP contribution in [0.2, 0.25) is 0 Å². The number of carbonyl (C=O) groups excluding carboxylic acids is 2. The third kappa shape index (κ3) is 7.95. The lowest BCUT2D eigenvalue weighted by Gasteiger charge is -2.23. The van der Waals surface area contributed by atoms with E-state index in [1.807, 2.05) is 0 Å². The number of ether oxygens (including phenoxy) is 2. The Morgan fingerprint density at radius 1 is 1.03 bits per heavy atom. The second-order valence-corrected chi connectivity index (χ2v) is 11.0. The van der Waals surface area contributed by atoms with Crippen molar-refractivity contribution in [3.05, 3.63) is 75.9 Å². The summed E-state index contributed by atoms with van der Waals surface area (Å²) in [5.74, 6) is -2.17. The highest BCUT2D eigenvalue weighted by Gasteiger charge is 2.24. The molecule has 0 fully saturated rings. The summed E-state index contributed by atoms with van der Waals surface area (Å²) in [5.41, 5.74) is -1.39. The van der Waals surface area contributed by atoms with Crippen molar-refractivity contribution in [3.8, 4) is 5.69 Å². The molecule has 208 valence electrons. The second kappa shape index (κ2) is 11.3. The van der Waals surface area contributed by atoms with Crippen LogP contribution in [0.4, 0.5) is 13.6 Å². The van der Waals surface area contributed by atoms with Gasteiger partial charge in [-0.05, 0) is 72.2 Å². The van der Waals surface area contributed by atoms with Crippen molar-refractivity contribution in [1.29, 1.82) is 0 Å². The number of halogens is 2. The Morgan fingerprint density at radius 2 is 1.64 bits per heavy atom. The molecule has 3 rings (SSSR count). The molecule has 0 radical (unpaired) electrons. The van der Waals surface area contributed by atoms with Gasteiger partial charge in [-0.3, -0.25) is 14.2 Å². The Kier molecular flexibility index (Phi) is 8.58. The number of aromatic nitrogens is 2. The van der Waals surface area contributed by atoms with Crippen LogP contribution >= 0.6 is 0 Å². The zero-order chi connectivity index (χ0) is 29.1. The Balaban J connectivity index is 2.15. The predicted octanol–water partition coefficient (Wildman–Crippen LogP) is 5.99. The lowest BCUT2D eigenvalue weighted by molar-refractivity contribution is -0.153. The summed E-state index contributed by atoms with van der Waals surface area (Å²) in [7, 11) is 0. The lowest BCUT2D eigenvalue weighted by atomic mass is 10.1. The number of amides is 1. The Morgan fingerprint density at radius 3 is 2.23 bits per heavy atom. The maximum absolute atomic E-state index is 14.2. The first kappa shape index (κ1) is 29.5. The van der Waals surface area contributed by atoms with Gasteiger partial charge in [0, 0.05) is 6.07 Å². The monoisotopic (exact) mass is 541 g/mol. The molecule has 0 aliphatic carbocycles. The summed E-state index contributed by atoms with van der Waals surface area (Å²) in [5, 5.41) is 2.79. The van der Waals surface area contributed by atoms with Gasteiger partial charge < -0.3 is 14.8 Å². The molecule has 1 N–H and O–H groups in total. The predicted molar refractivity (Wildman–Crippen MR) is 145 cm³/mol. The Bertz CT molecular complexity index is 1460. The molecule has 1 heterocycles. The van der Waals surface area contributed by atoms with Crippen LogP contribution in [-0.2, 0) is 14.3 Å². The average molecular weight is 542 g/mol. The minimum atomic E-state index is -0.888. The molecule has 0 bridgehead atoms. The van der Waals surface area contributed by atoms with Gasteiger partial charge in [0.05, 0.1) is 29.1 Å². The SMILES string of the molecule is CC(NC(=O)OC(C)(C)C)c1nc2cccc(/C=C/CC(=O)OC(C)(C)C)c2c(=O)n1-c1cc(F)cc(F)c1. The molecule has 0 saturated heterocycles. The van der Waals surface area contributed by atoms with E-state index in [4.69, 9.17) is 9.47 Å². The van der Waals surface area contributed by atoms with Gasteiger partial charge in [0.1, 0.15) is 28.7 Å². The van der Waals surface area contributed by atoms with Crippen LogP contribution in [0.1, 0.15) is 72.3 Å². The largest absolute Gasteiger partial charge is 0.460 e. The molecular formula is C29H33F2N3O5. The smallest absolute Gasteiger partial charge is 0.408 e. The number of nitrogens with one attached hydrogen (secondary N) is 1. The van der Waals surface area contributed by atoms with Crippen LogP contribution in [-0.4, -0.2) is 32.8 Å². The van der Waals surface area contributed by atoms with Crippen LogP contribution in [0.15, 0.2) is 47.3 Å². The third-order valence-corrected chi connectivity index (χ3v) is 5.18. The number of nitrogens with zero attached hydrogens (tertiary/aromatic N) is 2. The van der Waals surface area contributed by atoms with E-state index < -0.39 is 46.5 Å². The van der Waals surface area contributed by atoms with Gasteiger partial charge in [-0.15, -0.1) is 0 Å². The van der Waals surface area contributed by atoms with Gasteiger partial charge in [0.2, 0.25) is 0 Å². The van der Waals surface area contributed by atoms with Crippen molar-refractivity contribution < 1.29 is 27.8 Å². The number of rotatable bonds is 6. The van der Waals surface area contributed by atoms with Gasteiger partial charge in [-0.1, -0.05) is 24.3 Å². The molecule has 39 heavy (non-hydrogen) atoms. The van der Waals surface area contributed by atoms with Crippen LogP contribution in [0.5, 0.6) is 0 Å². The van der Waals surface area contributed by atoms with Gasteiger partial charge in [-0.2, -0.15) is 0 Å². The molecule has 0 aliphatic heterocycles. The first-order valence-corrected chi connectivity index (χ1v) is 12.4. The molecule has 0 aliphatic rings. The highest BCUT2D eigenvalue weighted by atomic mass is 19.1. The topological polar surface area (TPSA) is 99.5 Å². The summed E-state index contributed by atoms with van der Waals surface area (Å²) in [4.78, 5) is 43.1. The fourth-order valence-corrected chi connectivity index (χ4v) is 3.83. The molecule has 8 nitrogen and oxygen atoms in total. The number of benzene rings is 2. The summed E-state index contributed by atoms with van der Waals surface area (Å²) in [6.07, 6.45) is 2.38. The second-order valence-electron chi connectivity index (χ2n) is 11.0. The molecular weight excluding hydrogens is 508 g/mol. The number of hydrogen-bond acceptors (Lipinski definition) is 6. The van der Waals surface area contributed by atoms with Crippen LogP contribution in [0, 0.1) is 11.6 Å². The maximum Gasteiger partial charge on any atom is 0.408 e. The van der Waals surface area contributed by atoms with Crippen molar-refractivity contribution in [3.63, 3.8) is 0 Å². The normalized spacial score (nSPS) is 12.9. The lowest BCUT2D eigenvalue weighted by Crippen LogP contribution is -2.37. The number of hydrogen-bond donors (Lipinski definition) is 1. The van der Waals surface area contributed by atoms with E-state index in [9.17, 15) is 23.2 Å². The van der Waals surface area contributed by atoms with Crippen LogP contribution in [0.3, 0.4) is 0 Å². The zero-order valence-corrected chi connectivity index (χ0v) is 23.1. The maximum atomic E-state index is 14.2. The van der Waals surface area contributed by atoms with Crippen LogP contribution in [0.25, 0.3) is 22.7 Å². The average Bonchev–Trinajstić information content (AvgIpc) is 2.75. The molecule has 0 spiro atoms. The third-order valence-electron chi connectivity index (χ3n) is 5.18. The Hall–Kier alpha value is -4.08. The van der Waals surface area contributed by atoms with Crippen molar-refractivity contribution in [2.24, 2.45) is 0 Å². The minimum Gasteiger partial charge on any atom is -0.460 e. The van der Waals surface area contributed by atoms with Crippen LogP contribution < -0.4 is 10.9 Å². The number of fused-ring (bicyclic) bond motifs is 1. The fraction of sp³-hybridized carbons (Fsp3) is 0.379. The number of alkyl carbamates (subject to hydrolysis) is 1. The van der Waals surface area contributed by atoms with E-state index in [1.165, 1.54) is 0 Å². The van der Waals surface area contributed by atoms with Crippen molar-refractivity contribution >= 4 is 29.0 Å². The summed E-state index contributed by atoms with van der Waals surface area (Å²) in [6.45, 7) is 12.0. The summed E-state index contributed by atoms with van der Waals surface area (Å²) < 4.78 is 40.1. The zero-order valence-electron chi connectivity index (χ0n) is 23.1. The van der Waals surface area contributed by atoms with E-state index in [2.05, 4.69) is 10.3 Å². The first-order chi connectivity index (χ1) is 18.0. The van der Waals surface area contributed by atoms with Gasteiger partial charge in [-0.25, -0.2) is 18.6 Å². The number of carbonyl (C=O) groups is 2. The quantitative estimate of drug-likeness (QED) is 0.385. The molecule has 1 atom stereocenters. The molecule has 1 aromatic heterocycles. The molecule has 3 aromatic rings. The molecule has 2 aromatic carbocycles. The van der Waals surface area contributed by atoms with Crippen molar-refractivity contribution in [2.75, 3.05) is 0 Å². The Labute approximate surface area is 225 Å². The standard InChI is InChI=1S/C29H33F2N3O5/c1-17(32-27(37)39-29(5,6)7)25-33-22-12-8-10-18(11-9-13-23(35)38-28(2,3)4)24(22)26(36)34(25)21-15-19(30)14-20(31)16-21/h8-12,14-17H,13H2,1-7H3,(H,32,37)/b11-9+. The fourth-order valence-electron chi connectivity index (χ4n) is 3.83.